The Morgan fingerprint density at radius 1 is 0.463 bits per heavy atom. The molecule has 4 atom stereocenters. The van der Waals surface area contributed by atoms with Gasteiger partial charge in [-0.15, -0.1) is 0 Å². The van der Waals surface area contributed by atoms with Gasteiger partial charge in [0, 0.05) is 0 Å². The smallest absolute Gasteiger partial charge is 0.311 e. The van der Waals surface area contributed by atoms with Crippen molar-refractivity contribution in [1.29, 1.82) is 0 Å². The SMILES string of the molecule is O=C(OCC(OC(=O)C1CCCCC1)C(O)C(CC(O)(COC(=O)C1CCCCC1)OC(=O)C1CCCCC1)OC(=O)C1CCCCC1)C1CCCCC1. The third-order valence-corrected chi connectivity index (χ3v) is 12.6. The summed E-state index contributed by atoms with van der Waals surface area (Å²) in [6.45, 7) is -1.21. The molecule has 2 N–H and O–H groups in total. The van der Waals surface area contributed by atoms with Crippen LogP contribution in [0, 0.1) is 29.6 Å². The molecule has 0 aliphatic heterocycles. The van der Waals surface area contributed by atoms with Crippen molar-refractivity contribution in [3.63, 3.8) is 0 Å². The van der Waals surface area contributed by atoms with Gasteiger partial charge in [-0.1, -0.05) is 96.3 Å². The number of aliphatic hydroxyl groups is 2. The minimum atomic E-state index is -2.48. The summed E-state index contributed by atoms with van der Waals surface area (Å²) in [5.74, 6) is -7.14. The fraction of sp³-hybridized carbons (Fsp3) is 0.881. The first-order valence-electron chi connectivity index (χ1n) is 21.5. The molecule has 0 aromatic heterocycles. The molecular formula is C42H66O12. The van der Waals surface area contributed by atoms with E-state index in [0.717, 1.165) is 96.3 Å². The molecule has 12 heteroatoms. The fourth-order valence-corrected chi connectivity index (χ4v) is 9.16. The third kappa shape index (κ3) is 12.9. The average Bonchev–Trinajstić information content (AvgIpc) is 3.22. The highest BCUT2D eigenvalue weighted by molar-refractivity contribution is 5.75. The van der Waals surface area contributed by atoms with Gasteiger partial charge in [0.15, 0.2) is 12.7 Å². The van der Waals surface area contributed by atoms with Crippen LogP contribution in [0.15, 0.2) is 0 Å². The van der Waals surface area contributed by atoms with Crippen molar-refractivity contribution >= 4 is 29.8 Å². The highest BCUT2D eigenvalue weighted by Gasteiger charge is 2.46. The molecule has 0 radical (unpaired) electrons. The molecule has 0 aromatic rings. The van der Waals surface area contributed by atoms with Crippen LogP contribution in [0.1, 0.15) is 167 Å². The first-order valence-corrected chi connectivity index (χ1v) is 21.5. The van der Waals surface area contributed by atoms with Gasteiger partial charge in [-0.2, -0.15) is 0 Å². The molecule has 0 bridgehead atoms. The van der Waals surface area contributed by atoms with Crippen LogP contribution in [0.4, 0.5) is 0 Å². The number of carbonyl (C=O) groups is 5. The summed E-state index contributed by atoms with van der Waals surface area (Å²) >= 11 is 0. The maximum atomic E-state index is 13.7. The van der Waals surface area contributed by atoms with E-state index in [4.69, 9.17) is 23.7 Å². The second-order valence-electron chi connectivity index (χ2n) is 16.9. The Labute approximate surface area is 321 Å². The molecule has 4 unspecified atom stereocenters. The Morgan fingerprint density at radius 3 is 1.20 bits per heavy atom. The summed E-state index contributed by atoms with van der Waals surface area (Å²) in [6.07, 6.45) is 14.6. The standard InChI is InChI=1S/C42H66O12/c43-36(35(53-40(47)32-22-12-4-13-23-32)27-50-37(44)29-16-6-1-7-17-29)34(52-39(46)31-20-10-3-11-21-31)26-42(49,54-41(48)33-24-14-5-15-25-33)28-51-38(45)30-18-8-2-9-19-30/h29-36,43,49H,1-28H2. The van der Waals surface area contributed by atoms with Gasteiger partial charge in [-0.3, -0.25) is 24.0 Å². The van der Waals surface area contributed by atoms with E-state index in [1.807, 2.05) is 0 Å². The molecule has 0 amide bonds. The predicted molar refractivity (Wildman–Crippen MR) is 196 cm³/mol. The highest BCUT2D eigenvalue weighted by Crippen LogP contribution is 2.33. The predicted octanol–water partition coefficient (Wildman–Crippen LogP) is 6.78. The lowest BCUT2D eigenvalue weighted by Gasteiger charge is -2.37. The van der Waals surface area contributed by atoms with E-state index >= 15 is 0 Å². The quantitative estimate of drug-likeness (QED) is 0.0961. The molecule has 0 heterocycles. The molecular weight excluding hydrogens is 696 g/mol. The van der Waals surface area contributed by atoms with Crippen LogP contribution >= 0.6 is 0 Å². The van der Waals surface area contributed by atoms with E-state index in [2.05, 4.69) is 0 Å². The van der Waals surface area contributed by atoms with Crippen molar-refractivity contribution in [2.24, 2.45) is 29.6 Å². The number of aliphatic hydroxyl groups excluding tert-OH is 1. The monoisotopic (exact) mass is 762 g/mol. The molecule has 0 saturated heterocycles. The van der Waals surface area contributed by atoms with Crippen LogP contribution in [0.3, 0.4) is 0 Å². The van der Waals surface area contributed by atoms with E-state index in [0.29, 0.717) is 64.2 Å². The third-order valence-electron chi connectivity index (χ3n) is 12.6. The van der Waals surface area contributed by atoms with Gasteiger partial charge in [0.2, 0.25) is 5.79 Å². The summed E-state index contributed by atoms with van der Waals surface area (Å²) in [7, 11) is 0. The molecule has 306 valence electrons. The number of ether oxygens (including phenoxy) is 5. The van der Waals surface area contributed by atoms with Gasteiger partial charge >= 0.3 is 29.8 Å². The van der Waals surface area contributed by atoms with Crippen molar-refractivity contribution in [2.45, 2.75) is 191 Å². The molecule has 54 heavy (non-hydrogen) atoms. The van der Waals surface area contributed by atoms with Gasteiger partial charge in [0.25, 0.3) is 0 Å². The summed E-state index contributed by atoms with van der Waals surface area (Å²) in [5.41, 5.74) is 0. The Hall–Kier alpha value is -2.73. The molecule has 12 nitrogen and oxygen atoms in total. The van der Waals surface area contributed by atoms with Crippen molar-refractivity contribution in [3.8, 4) is 0 Å². The zero-order chi connectivity index (χ0) is 38.3. The van der Waals surface area contributed by atoms with E-state index < -0.39 is 91.3 Å². The number of esters is 5. The number of hydrogen-bond acceptors (Lipinski definition) is 12. The molecule has 5 fully saturated rings. The lowest BCUT2D eigenvalue weighted by molar-refractivity contribution is -0.251. The highest BCUT2D eigenvalue weighted by atomic mass is 16.7. The Balaban J connectivity index is 1.40. The zero-order valence-electron chi connectivity index (χ0n) is 32.4. The Kier molecular flexibility index (Phi) is 16.9. The molecule has 5 aliphatic rings. The molecule has 5 rings (SSSR count). The minimum absolute atomic E-state index is 0.298. The van der Waals surface area contributed by atoms with Gasteiger partial charge < -0.3 is 33.9 Å². The molecule has 0 aromatic carbocycles. The van der Waals surface area contributed by atoms with Crippen LogP contribution in [0.5, 0.6) is 0 Å². The lowest BCUT2D eigenvalue weighted by Crippen LogP contribution is -2.52. The van der Waals surface area contributed by atoms with Crippen LogP contribution in [-0.2, 0) is 47.7 Å². The van der Waals surface area contributed by atoms with E-state index in [1.54, 1.807) is 0 Å². The number of rotatable bonds is 16. The normalized spacial score (nSPS) is 24.3. The number of hydrogen-bond donors (Lipinski definition) is 2. The van der Waals surface area contributed by atoms with Crippen molar-refractivity contribution in [1.82, 2.24) is 0 Å². The van der Waals surface area contributed by atoms with Crippen LogP contribution < -0.4 is 0 Å². The maximum absolute atomic E-state index is 13.7. The number of carbonyl (C=O) groups excluding carboxylic acids is 5. The van der Waals surface area contributed by atoms with Gasteiger partial charge in [-0.05, 0) is 64.2 Å². The van der Waals surface area contributed by atoms with Gasteiger partial charge in [-0.25, -0.2) is 0 Å². The molecule has 5 saturated carbocycles. The van der Waals surface area contributed by atoms with Crippen molar-refractivity contribution in [3.05, 3.63) is 0 Å². The first kappa shape index (κ1) is 42.4. The summed E-state index contributed by atoms with van der Waals surface area (Å²) < 4.78 is 29.1. The van der Waals surface area contributed by atoms with Gasteiger partial charge in [0.05, 0.1) is 36.0 Å². The minimum Gasteiger partial charge on any atom is -0.461 e. The topological polar surface area (TPSA) is 172 Å². The van der Waals surface area contributed by atoms with Crippen LogP contribution in [0.2, 0.25) is 0 Å². The summed E-state index contributed by atoms with van der Waals surface area (Å²) in [6, 6.07) is 0. The maximum Gasteiger partial charge on any atom is 0.311 e. The fourth-order valence-electron chi connectivity index (χ4n) is 9.16. The van der Waals surface area contributed by atoms with Crippen molar-refractivity contribution < 1.29 is 57.9 Å². The Bertz CT molecular complexity index is 1210. The summed E-state index contributed by atoms with van der Waals surface area (Å²) in [4.78, 5) is 67.1. The van der Waals surface area contributed by atoms with E-state index in [1.165, 1.54) is 0 Å². The second-order valence-corrected chi connectivity index (χ2v) is 16.9. The van der Waals surface area contributed by atoms with Gasteiger partial charge in [0.1, 0.15) is 18.8 Å². The van der Waals surface area contributed by atoms with E-state index in [-0.39, 0.29) is 11.8 Å². The van der Waals surface area contributed by atoms with Crippen molar-refractivity contribution in [2.75, 3.05) is 13.2 Å². The lowest BCUT2D eigenvalue weighted by atomic mass is 9.88. The second kappa shape index (κ2) is 21.5. The first-order chi connectivity index (χ1) is 26.1. The Morgan fingerprint density at radius 2 is 0.796 bits per heavy atom. The van der Waals surface area contributed by atoms with Crippen LogP contribution in [0.25, 0.3) is 0 Å². The average molecular weight is 763 g/mol. The zero-order valence-corrected chi connectivity index (χ0v) is 32.4. The largest absolute Gasteiger partial charge is 0.461 e. The molecule has 0 spiro atoms. The van der Waals surface area contributed by atoms with E-state index in [9.17, 15) is 34.2 Å². The van der Waals surface area contributed by atoms with Crippen LogP contribution in [-0.4, -0.2) is 77.4 Å². The molecule has 5 aliphatic carbocycles. The summed E-state index contributed by atoms with van der Waals surface area (Å²) in [5, 5.41) is 24.3.